The number of likely N-dealkylation sites (tertiary alicyclic amines) is 1. The summed E-state index contributed by atoms with van der Waals surface area (Å²) in [6.07, 6.45) is 1.57. The fourth-order valence-electron chi connectivity index (χ4n) is 3.40. The number of nitrogens with one attached hydrogen (secondary N) is 1. The second-order valence-corrected chi connectivity index (χ2v) is 6.74. The standard InChI is InChI=1S/C22H26N2O4/c1-3-28-19-12-11-16(14-20(19)27-2)22(26)24-13-7-8-17(15-24)21(25)23-18-9-5-4-6-10-18/h4-6,9-12,14,17H,3,7-8,13,15H2,1-2H3,(H,23,25). The summed E-state index contributed by atoms with van der Waals surface area (Å²) in [5.41, 5.74) is 1.30. The van der Waals surface area contributed by atoms with Gasteiger partial charge in [-0.3, -0.25) is 9.59 Å². The lowest BCUT2D eigenvalue weighted by atomic mass is 9.96. The molecule has 6 nitrogen and oxygen atoms in total. The molecule has 1 heterocycles. The Kier molecular flexibility index (Phi) is 6.53. The molecule has 148 valence electrons. The van der Waals surface area contributed by atoms with E-state index < -0.39 is 0 Å². The zero-order valence-electron chi connectivity index (χ0n) is 16.3. The molecule has 1 aliphatic heterocycles. The number of para-hydroxylation sites is 1. The monoisotopic (exact) mass is 382 g/mol. The molecule has 0 saturated carbocycles. The highest BCUT2D eigenvalue weighted by atomic mass is 16.5. The van der Waals surface area contributed by atoms with Crippen LogP contribution < -0.4 is 14.8 Å². The molecule has 1 saturated heterocycles. The van der Waals surface area contributed by atoms with Crippen molar-refractivity contribution in [3.8, 4) is 11.5 Å². The van der Waals surface area contributed by atoms with E-state index in [4.69, 9.17) is 9.47 Å². The van der Waals surface area contributed by atoms with Crippen LogP contribution in [0.25, 0.3) is 0 Å². The lowest BCUT2D eigenvalue weighted by Gasteiger charge is -2.32. The third-order valence-electron chi connectivity index (χ3n) is 4.83. The van der Waals surface area contributed by atoms with Crippen LogP contribution in [0, 0.1) is 5.92 Å². The number of rotatable bonds is 6. The first-order valence-corrected chi connectivity index (χ1v) is 9.58. The first-order chi connectivity index (χ1) is 13.6. The van der Waals surface area contributed by atoms with E-state index in [9.17, 15) is 9.59 Å². The van der Waals surface area contributed by atoms with Crippen molar-refractivity contribution in [2.24, 2.45) is 5.92 Å². The lowest BCUT2D eigenvalue weighted by Crippen LogP contribution is -2.43. The number of carbonyl (C=O) groups is 2. The van der Waals surface area contributed by atoms with Crippen LogP contribution in [-0.2, 0) is 4.79 Å². The highest BCUT2D eigenvalue weighted by Crippen LogP contribution is 2.29. The first kappa shape index (κ1) is 19.7. The number of hydrogen-bond acceptors (Lipinski definition) is 4. The summed E-state index contributed by atoms with van der Waals surface area (Å²) in [6, 6.07) is 14.6. The molecule has 28 heavy (non-hydrogen) atoms. The molecule has 0 radical (unpaired) electrons. The average molecular weight is 382 g/mol. The fourth-order valence-corrected chi connectivity index (χ4v) is 3.40. The second-order valence-electron chi connectivity index (χ2n) is 6.74. The topological polar surface area (TPSA) is 67.9 Å². The highest BCUT2D eigenvalue weighted by Gasteiger charge is 2.29. The number of ether oxygens (including phenoxy) is 2. The van der Waals surface area contributed by atoms with Gasteiger partial charge in [-0.15, -0.1) is 0 Å². The minimum atomic E-state index is -0.220. The van der Waals surface area contributed by atoms with E-state index in [0.717, 1.165) is 18.5 Å². The van der Waals surface area contributed by atoms with Gasteiger partial charge < -0.3 is 19.7 Å². The van der Waals surface area contributed by atoms with E-state index in [1.807, 2.05) is 37.3 Å². The van der Waals surface area contributed by atoms with Crippen LogP contribution in [-0.4, -0.2) is 43.5 Å². The molecule has 1 aliphatic rings. The highest BCUT2D eigenvalue weighted by molar-refractivity contribution is 5.96. The molecule has 0 spiro atoms. The average Bonchev–Trinajstić information content (AvgIpc) is 2.74. The van der Waals surface area contributed by atoms with Gasteiger partial charge in [0, 0.05) is 24.3 Å². The van der Waals surface area contributed by atoms with Gasteiger partial charge in [0.15, 0.2) is 11.5 Å². The summed E-state index contributed by atoms with van der Waals surface area (Å²) >= 11 is 0. The summed E-state index contributed by atoms with van der Waals surface area (Å²) in [5, 5.41) is 2.94. The summed E-state index contributed by atoms with van der Waals surface area (Å²) in [7, 11) is 1.55. The third kappa shape index (κ3) is 4.63. The predicted octanol–water partition coefficient (Wildman–Crippen LogP) is 3.58. The number of carbonyl (C=O) groups excluding carboxylic acids is 2. The van der Waals surface area contributed by atoms with Gasteiger partial charge in [0.1, 0.15) is 0 Å². The Labute approximate surface area is 165 Å². The maximum atomic E-state index is 13.0. The van der Waals surface area contributed by atoms with E-state index in [0.29, 0.717) is 36.8 Å². The van der Waals surface area contributed by atoms with Gasteiger partial charge in [0.2, 0.25) is 5.91 Å². The van der Waals surface area contributed by atoms with Crippen LogP contribution in [0.5, 0.6) is 11.5 Å². The van der Waals surface area contributed by atoms with E-state index in [2.05, 4.69) is 5.32 Å². The third-order valence-corrected chi connectivity index (χ3v) is 4.83. The summed E-state index contributed by atoms with van der Waals surface area (Å²) in [6.45, 7) is 3.47. The maximum Gasteiger partial charge on any atom is 0.254 e. The van der Waals surface area contributed by atoms with Crippen LogP contribution in [0.2, 0.25) is 0 Å². The molecule has 1 N–H and O–H groups in total. The zero-order chi connectivity index (χ0) is 19.9. The van der Waals surface area contributed by atoms with E-state index in [-0.39, 0.29) is 17.7 Å². The van der Waals surface area contributed by atoms with Crippen molar-refractivity contribution >= 4 is 17.5 Å². The van der Waals surface area contributed by atoms with Gasteiger partial charge in [0.25, 0.3) is 5.91 Å². The molecule has 6 heteroatoms. The number of hydrogen-bond donors (Lipinski definition) is 1. The van der Waals surface area contributed by atoms with Crippen LogP contribution >= 0.6 is 0 Å². The fraction of sp³-hybridized carbons (Fsp3) is 0.364. The molecule has 1 unspecified atom stereocenters. The van der Waals surface area contributed by atoms with Crippen LogP contribution in [0.4, 0.5) is 5.69 Å². The Hall–Kier alpha value is -3.02. The molecular weight excluding hydrogens is 356 g/mol. The Bertz CT molecular complexity index is 823. The van der Waals surface area contributed by atoms with Crippen molar-refractivity contribution in [2.75, 3.05) is 32.1 Å². The van der Waals surface area contributed by atoms with Crippen molar-refractivity contribution in [2.45, 2.75) is 19.8 Å². The van der Waals surface area contributed by atoms with Crippen LogP contribution in [0.3, 0.4) is 0 Å². The molecule has 1 fully saturated rings. The van der Waals surface area contributed by atoms with Gasteiger partial charge in [-0.2, -0.15) is 0 Å². The van der Waals surface area contributed by atoms with Gasteiger partial charge >= 0.3 is 0 Å². The largest absolute Gasteiger partial charge is 0.493 e. The summed E-state index contributed by atoms with van der Waals surface area (Å²) < 4.78 is 10.9. The Morgan fingerprint density at radius 1 is 1.14 bits per heavy atom. The lowest BCUT2D eigenvalue weighted by molar-refractivity contribution is -0.121. The van der Waals surface area contributed by atoms with Crippen LogP contribution in [0.15, 0.2) is 48.5 Å². The molecule has 2 aromatic carbocycles. The summed E-state index contributed by atoms with van der Waals surface area (Å²) in [4.78, 5) is 27.3. The maximum absolute atomic E-state index is 13.0. The minimum absolute atomic E-state index is 0.0482. The Morgan fingerprint density at radius 3 is 2.64 bits per heavy atom. The first-order valence-electron chi connectivity index (χ1n) is 9.58. The van der Waals surface area contributed by atoms with Crippen molar-refractivity contribution in [1.82, 2.24) is 4.90 Å². The number of benzene rings is 2. The Balaban J connectivity index is 1.68. The quantitative estimate of drug-likeness (QED) is 0.829. The van der Waals surface area contributed by atoms with Gasteiger partial charge in [-0.1, -0.05) is 18.2 Å². The Morgan fingerprint density at radius 2 is 1.93 bits per heavy atom. The van der Waals surface area contributed by atoms with Crippen molar-refractivity contribution in [3.05, 3.63) is 54.1 Å². The van der Waals surface area contributed by atoms with Gasteiger partial charge in [-0.25, -0.2) is 0 Å². The van der Waals surface area contributed by atoms with E-state index >= 15 is 0 Å². The smallest absolute Gasteiger partial charge is 0.254 e. The molecule has 0 aliphatic carbocycles. The van der Waals surface area contributed by atoms with Crippen molar-refractivity contribution in [1.29, 1.82) is 0 Å². The molecule has 2 amide bonds. The number of piperidine rings is 1. The van der Waals surface area contributed by atoms with Gasteiger partial charge in [-0.05, 0) is 50.1 Å². The molecule has 0 bridgehead atoms. The van der Waals surface area contributed by atoms with E-state index in [1.165, 1.54) is 0 Å². The molecule has 2 aromatic rings. The second kappa shape index (κ2) is 9.26. The van der Waals surface area contributed by atoms with Gasteiger partial charge in [0.05, 0.1) is 19.6 Å². The number of methoxy groups -OCH3 is 1. The summed E-state index contributed by atoms with van der Waals surface area (Å²) in [5.74, 6) is 0.775. The number of nitrogens with zero attached hydrogens (tertiary/aromatic N) is 1. The molecule has 3 rings (SSSR count). The normalized spacial score (nSPS) is 16.4. The van der Waals surface area contributed by atoms with Crippen LogP contribution in [0.1, 0.15) is 30.1 Å². The predicted molar refractivity (Wildman–Crippen MR) is 108 cm³/mol. The zero-order valence-corrected chi connectivity index (χ0v) is 16.3. The molecular formula is C22H26N2O4. The number of anilines is 1. The van der Waals surface area contributed by atoms with Crippen molar-refractivity contribution < 1.29 is 19.1 Å². The number of amides is 2. The van der Waals surface area contributed by atoms with Crippen molar-refractivity contribution in [3.63, 3.8) is 0 Å². The van der Waals surface area contributed by atoms with E-state index in [1.54, 1.807) is 30.2 Å². The molecule has 1 atom stereocenters. The SMILES string of the molecule is CCOc1ccc(C(=O)N2CCCC(C(=O)Nc3ccccc3)C2)cc1OC. The molecule has 0 aromatic heterocycles. The minimum Gasteiger partial charge on any atom is -0.493 e.